The van der Waals surface area contributed by atoms with Crippen LogP contribution in [0.5, 0.6) is 0 Å². The van der Waals surface area contributed by atoms with Gasteiger partial charge in [0.05, 0.1) is 24.4 Å². The minimum absolute atomic E-state index is 0.0280. The second-order valence-electron chi connectivity index (χ2n) is 5.81. The Labute approximate surface area is 136 Å². The number of carbonyl (C=O) groups is 2. The number of hydrogen-bond donors (Lipinski definition) is 1. The lowest BCUT2D eigenvalue weighted by atomic mass is 10.2. The predicted molar refractivity (Wildman–Crippen MR) is 87.6 cm³/mol. The van der Waals surface area contributed by atoms with Crippen molar-refractivity contribution in [2.24, 2.45) is 0 Å². The van der Waals surface area contributed by atoms with Crippen LogP contribution in [-0.4, -0.2) is 48.8 Å². The minimum Gasteiger partial charge on any atom is -0.462 e. The van der Waals surface area contributed by atoms with Gasteiger partial charge in [-0.2, -0.15) is 0 Å². The zero-order valence-electron chi connectivity index (χ0n) is 13.9. The molecule has 0 bridgehead atoms. The fourth-order valence-electron chi connectivity index (χ4n) is 2.51. The van der Waals surface area contributed by atoms with Crippen LogP contribution in [0.2, 0.25) is 0 Å². The summed E-state index contributed by atoms with van der Waals surface area (Å²) >= 11 is 0. The predicted octanol–water partition coefficient (Wildman–Crippen LogP) is 2.89. The number of urea groups is 1. The third-order valence-corrected chi connectivity index (χ3v) is 3.52. The summed E-state index contributed by atoms with van der Waals surface area (Å²) in [5, 5.41) is 2.84. The molecule has 0 aliphatic carbocycles. The maximum Gasteiger partial charge on any atom is 0.338 e. The summed E-state index contributed by atoms with van der Waals surface area (Å²) in [7, 11) is 0. The quantitative estimate of drug-likeness (QED) is 0.866. The molecular formula is C17H24N2O4. The van der Waals surface area contributed by atoms with E-state index in [0.717, 1.165) is 6.42 Å². The van der Waals surface area contributed by atoms with Crippen molar-refractivity contribution in [3.05, 3.63) is 29.8 Å². The summed E-state index contributed by atoms with van der Waals surface area (Å²) in [6, 6.07) is 6.55. The van der Waals surface area contributed by atoms with E-state index in [-0.39, 0.29) is 24.2 Å². The van der Waals surface area contributed by atoms with Crippen LogP contribution in [0, 0.1) is 0 Å². The third-order valence-electron chi connectivity index (χ3n) is 3.52. The molecular weight excluding hydrogens is 296 g/mol. The van der Waals surface area contributed by atoms with Crippen molar-refractivity contribution in [2.75, 3.05) is 25.0 Å². The molecule has 1 heterocycles. The smallest absolute Gasteiger partial charge is 0.338 e. The van der Waals surface area contributed by atoms with Gasteiger partial charge in [-0.3, -0.25) is 0 Å². The van der Waals surface area contributed by atoms with Gasteiger partial charge in [-0.15, -0.1) is 0 Å². The summed E-state index contributed by atoms with van der Waals surface area (Å²) in [6.45, 7) is 7.39. The average molecular weight is 320 g/mol. The first-order chi connectivity index (χ1) is 11.0. The lowest BCUT2D eigenvalue weighted by Gasteiger charge is -2.35. The molecule has 2 rings (SSSR count). The van der Waals surface area contributed by atoms with Crippen molar-refractivity contribution < 1.29 is 19.1 Å². The number of rotatable bonds is 4. The Hall–Kier alpha value is -2.08. The van der Waals surface area contributed by atoms with Gasteiger partial charge in [-0.05, 0) is 44.5 Å². The van der Waals surface area contributed by atoms with E-state index in [1.165, 1.54) is 0 Å². The number of nitrogens with zero attached hydrogens (tertiary/aromatic N) is 1. The van der Waals surface area contributed by atoms with Gasteiger partial charge in [0.2, 0.25) is 0 Å². The maximum absolute atomic E-state index is 12.3. The van der Waals surface area contributed by atoms with Gasteiger partial charge >= 0.3 is 12.0 Å². The maximum atomic E-state index is 12.3. The molecule has 2 unspecified atom stereocenters. The molecule has 0 spiro atoms. The number of benzene rings is 1. The Morgan fingerprint density at radius 3 is 2.39 bits per heavy atom. The molecule has 0 radical (unpaired) electrons. The highest BCUT2D eigenvalue weighted by Crippen LogP contribution is 2.15. The Morgan fingerprint density at radius 1 is 1.22 bits per heavy atom. The van der Waals surface area contributed by atoms with Gasteiger partial charge in [0.15, 0.2) is 0 Å². The van der Waals surface area contributed by atoms with Gasteiger partial charge in [-0.25, -0.2) is 9.59 Å². The molecule has 126 valence electrons. The molecule has 0 aromatic heterocycles. The summed E-state index contributed by atoms with van der Waals surface area (Å²) in [6.07, 6.45) is 0.844. The van der Waals surface area contributed by atoms with Crippen LogP contribution in [0.25, 0.3) is 0 Å². The van der Waals surface area contributed by atoms with Gasteiger partial charge < -0.3 is 19.7 Å². The molecule has 1 aliphatic rings. The van der Waals surface area contributed by atoms with Crippen LogP contribution in [0.4, 0.5) is 10.5 Å². The Bertz CT molecular complexity index is 534. The fraction of sp³-hybridized carbons (Fsp3) is 0.529. The average Bonchev–Trinajstić information content (AvgIpc) is 2.52. The zero-order chi connectivity index (χ0) is 16.8. The Morgan fingerprint density at radius 2 is 1.83 bits per heavy atom. The van der Waals surface area contributed by atoms with Crippen molar-refractivity contribution >= 4 is 17.7 Å². The molecule has 1 saturated heterocycles. The van der Waals surface area contributed by atoms with Gasteiger partial charge in [0, 0.05) is 18.8 Å². The first-order valence-corrected chi connectivity index (χ1v) is 7.98. The van der Waals surface area contributed by atoms with Crippen LogP contribution in [0.3, 0.4) is 0 Å². The molecule has 1 fully saturated rings. The van der Waals surface area contributed by atoms with Crippen LogP contribution in [-0.2, 0) is 9.47 Å². The van der Waals surface area contributed by atoms with E-state index >= 15 is 0 Å². The summed E-state index contributed by atoms with van der Waals surface area (Å²) in [5.41, 5.74) is 1.12. The Balaban J connectivity index is 1.92. The van der Waals surface area contributed by atoms with Gasteiger partial charge in [0.1, 0.15) is 0 Å². The molecule has 6 heteroatoms. The highest BCUT2D eigenvalue weighted by atomic mass is 16.5. The highest BCUT2D eigenvalue weighted by Gasteiger charge is 2.25. The standard InChI is InChI=1S/C17H24N2O4/c1-4-9-22-16(20)14-5-7-15(8-6-14)18-17(21)19-10-12(2)23-13(3)11-19/h5-8,12-13H,4,9-11H2,1-3H3,(H,18,21). The Kier molecular flexibility index (Phi) is 5.98. The molecule has 23 heavy (non-hydrogen) atoms. The molecule has 2 atom stereocenters. The largest absolute Gasteiger partial charge is 0.462 e. The number of hydrogen-bond acceptors (Lipinski definition) is 4. The third kappa shape index (κ3) is 4.96. The number of carbonyl (C=O) groups excluding carboxylic acids is 2. The number of anilines is 1. The normalized spacial score (nSPS) is 20.9. The van der Waals surface area contributed by atoms with E-state index in [1.807, 2.05) is 20.8 Å². The van der Waals surface area contributed by atoms with Crippen molar-refractivity contribution in [3.8, 4) is 0 Å². The monoisotopic (exact) mass is 320 g/mol. The van der Waals surface area contributed by atoms with Gasteiger partial charge in [-0.1, -0.05) is 6.92 Å². The number of ether oxygens (including phenoxy) is 2. The number of amides is 2. The number of morpholine rings is 1. The molecule has 0 saturated carbocycles. The van der Waals surface area contributed by atoms with Crippen LogP contribution in [0.1, 0.15) is 37.6 Å². The first-order valence-electron chi connectivity index (χ1n) is 7.98. The lowest BCUT2D eigenvalue weighted by Crippen LogP contribution is -2.49. The minimum atomic E-state index is -0.347. The van der Waals surface area contributed by atoms with Crippen molar-refractivity contribution in [1.29, 1.82) is 0 Å². The second kappa shape index (κ2) is 7.97. The van der Waals surface area contributed by atoms with Crippen molar-refractivity contribution in [1.82, 2.24) is 4.90 Å². The first kappa shape index (κ1) is 17.3. The van der Waals surface area contributed by atoms with Crippen LogP contribution < -0.4 is 5.32 Å². The van der Waals surface area contributed by atoms with Crippen LogP contribution >= 0.6 is 0 Å². The fourth-order valence-corrected chi connectivity index (χ4v) is 2.51. The summed E-state index contributed by atoms with van der Waals surface area (Å²) in [4.78, 5) is 25.7. The number of nitrogens with one attached hydrogen (secondary N) is 1. The molecule has 6 nitrogen and oxygen atoms in total. The molecule has 1 aromatic rings. The molecule has 1 N–H and O–H groups in total. The molecule has 1 aliphatic heterocycles. The van der Waals surface area contributed by atoms with E-state index < -0.39 is 0 Å². The van der Waals surface area contributed by atoms with Crippen molar-refractivity contribution in [2.45, 2.75) is 39.4 Å². The SMILES string of the molecule is CCCOC(=O)c1ccc(NC(=O)N2CC(C)OC(C)C2)cc1. The summed E-state index contributed by atoms with van der Waals surface area (Å²) in [5.74, 6) is -0.347. The molecule has 1 aromatic carbocycles. The summed E-state index contributed by atoms with van der Waals surface area (Å²) < 4.78 is 10.7. The second-order valence-corrected chi connectivity index (χ2v) is 5.81. The topological polar surface area (TPSA) is 67.9 Å². The molecule has 2 amide bonds. The van der Waals surface area contributed by atoms with E-state index in [2.05, 4.69) is 5.32 Å². The van der Waals surface area contributed by atoms with Crippen molar-refractivity contribution in [3.63, 3.8) is 0 Å². The van der Waals surface area contributed by atoms with E-state index in [1.54, 1.807) is 29.2 Å². The number of esters is 1. The van der Waals surface area contributed by atoms with E-state index in [0.29, 0.717) is 30.9 Å². The zero-order valence-corrected chi connectivity index (χ0v) is 13.9. The van der Waals surface area contributed by atoms with Crippen LogP contribution in [0.15, 0.2) is 24.3 Å². The van der Waals surface area contributed by atoms with E-state index in [9.17, 15) is 9.59 Å². The highest BCUT2D eigenvalue weighted by molar-refractivity contribution is 5.92. The van der Waals surface area contributed by atoms with Gasteiger partial charge in [0.25, 0.3) is 0 Å². The van der Waals surface area contributed by atoms with E-state index in [4.69, 9.17) is 9.47 Å². The lowest BCUT2D eigenvalue weighted by molar-refractivity contribution is -0.0530.